The summed E-state index contributed by atoms with van der Waals surface area (Å²) >= 11 is 1.32. The number of aliphatic hydroxyl groups excluding tert-OH is 1. The lowest BCUT2D eigenvalue weighted by molar-refractivity contribution is 0.103. The molecule has 2 rings (SSSR count). The average molecular weight is 263 g/mol. The van der Waals surface area contributed by atoms with E-state index in [9.17, 15) is 9.90 Å². The van der Waals surface area contributed by atoms with Crippen LogP contribution in [0.25, 0.3) is 0 Å². The number of thiophene rings is 1. The van der Waals surface area contributed by atoms with Crippen LogP contribution in [0.2, 0.25) is 0 Å². The summed E-state index contributed by atoms with van der Waals surface area (Å²) in [7, 11) is 1.56. The Morgan fingerprint density at radius 1 is 1.44 bits per heavy atom. The first-order valence-electron chi connectivity index (χ1n) is 5.37. The number of methoxy groups -OCH3 is 1. The number of rotatable bonds is 4. The molecule has 0 saturated heterocycles. The van der Waals surface area contributed by atoms with Gasteiger partial charge in [0.1, 0.15) is 5.75 Å². The van der Waals surface area contributed by atoms with Crippen LogP contribution in [0.5, 0.6) is 5.75 Å². The third-order valence-corrected chi connectivity index (χ3v) is 3.38. The molecule has 1 aromatic carbocycles. The molecule has 94 valence electrons. The van der Waals surface area contributed by atoms with E-state index in [0.29, 0.717) is 21.9 Å². The van der Waals surface area contributed by atoms with Gasteiger partial charge in [-0.05, 0) is 6.07 Å². The quantitative estimate of drug-likeness (QED) is 0.891. The summed E-state index contributed by atoms with van der Waals surface area (Å²) in [6, 6.07) is 8.83. The Hall–Kier alpha value is -1.85. The van der Waals surface area contributed by atoms with Crippen molar-refractivity contribution in [1.82, 2.24) is 0 Å². The zero-order chi connectivity index (χ0) is 13.0. The summed E-state index contributed by atoms with van der Waals surface area (Å²) in [6.45, 7) is -0.107. The maximum atomic E-state index is 12.0. The number of aliphatic hydroxyl groups is 1. The van der Waals surface area contributed by atoms with Gasteiger partial charge in [0, 0.05) is 22.7 Å². The van der Waals surface area contributed by atoms with Gasteiger partial charge in [-0.2, -0.15) is 0 Å². The maximum Gasteiger partial charge on any atom is 0.265 e. The molecule has 1 aromatic heterocycles. The summed E-state index contributed by atoms with van der Waals surface area (Å²) < 4.78 is 5.03. The molecule has 0 radical (unpaired) electrons. The van der Waals surface area contributed by atoms with Crippen molar-refractivity contribution in [3.8, 4) is 5.75 Å². The second-order valence-electron chi connectivity index (χ2n) is 3.62. The number of anilines is 1. The van der Waals surface area contributed by atoms with E-state index >= 15 is 0 Å². The highest BCUT2D eigenvalue weighted by atomic mass is 32.1. The molecule has 4 nitrogen and oxygen atoms in total. The molecule has 0 aliphatic heterocycles. The van der Waals surface area contributed by atoms with Crippen LogP contribution in [0.15, 0.2) is 35.7 Å². The van der Waals surface area contributed by atoms with Gasteiger partial charge in [0.25, 0.3) is 5.91 Å². The van der Waals surface area contributed by atoms with Gasteiger partial charge in [0.05, 0.1) is 18.6 Å². The average Bonchev–Trinajstić information content (AvgIpc) is 2.88. The zero-order valence-electron chi connectivity index (χ0n) is 9.84. The highest BCUT2D eigenvalue weighted by Crippen LogP contribution is 2.23. The fraction of sp³-hybridized carbons (Fsp3) is 0.154. The second-order valence-corrected chi connectivity index (χ2v) is 4.53. The highest BCUT2D eigenvalue weighted by Gasteiger charge is 2.11. The Morgan fingerprint density at radius 2 is 2.22 bits per heavy atom. The largest absolute Gasteiger partial charge is 0.496 e. The van der Waals surface area contributed by atoms with Gasteiger partial charge in [-0.15, -0.1) is 11.3 Å². The molecule has 0 bridgehead atoms. The van der Waals surface area contributed by atoms with Crippen LogP contribution in [0, 0.1) is 0 Å². The molecular weight excluding hydrogens is 250 g/mol. The number of carbonyl (C=O) groups excluding carboxylic acids is 1. The lowest BCUT2D eigenvalue weighted by Gasteiger charge is -2.07. The van der Waals surface area contributed by atoms with Crippen LogP contribution < -0.4 is 10.1 Å². The van der Waals surface area contributed by atoms with Crippen LogP contribution in [0.4, 0.5) is 5.69 Å². The number of para-hydroxylation sites is 1. The predicted octanol–water partition coefficient (Wildman–Crippen LogP) is 2.50. The van der Waals surface area contributed by atoms with Crippen molar-refractivity contribution in [1.29, 1.82) is 0 Å². The number of benzene rings is 1. The lowest BCUT2D eigenvalue weighted by atomic mass is 10.2. The molecule has 0 unspecified atom stereocenters. The number of nitrogens with one attached hydrogen (secondary N) is 1. The van der Waals surface area contributed by atoms with Crippen LogP contribution >= 0.6 is 11.3 Å². The van der Waals surface area contributed by atoms with E-state index in [1.807, 2.05) is 12.1 Å². The molecule has 0 aliphatic carbocycles. The third kappa shape index (κ3) is 2.69. The van der Waals surface area contributed by atoms with Crippen LogP contribution in [0.1, 0.15) is 15.2 Å². The fourth-order valence-electron chi connectivity index (χ4n) is 1.51. The molecule has 0 atom stereocenters. The van der Waals surface area contributed by atoms with Crippen molar-refractivity contribution in [2.45, 2.75) is 6.61 Å². The molecule has 5 heteroatoms. The van der Waals surface area contributed by atoms with Crippen molar-refractivity contribution in [3.63, 3.8) is 0 Å². The number of amides is 1. The Balaban J connectivity index is 2.16. The molecule has 1 amide bonds. The van der Waals surface area contributed by atoms with Crippen molar-refractivity contribution >= 4 is 22.9 Å². The third-order valence-electron chi connectivity index (χ3n) is 2.47. The van der Waals surface area contributed by atoms with Crippen molar-refractivity contribution in [2.75, 3.05) is 12.4 Å². The summed E-state index contributed by atoms with van der Waals surface area (Å²) in [4.78, 5) is 12.5. The molecule has 2 N–H and O–H groups in total. The van der Waals surface area contributed by atoms with Crippen molar-refractivity contribution in [2.24, 2.45) is 0 Å². The first-order valence-corrected chi connectivity index (χ1v) is 6.25. The van der Waals surface area contributed by atoms with Crippen molar-refractivity contribution < 1.29 is 14.6 Å². The van der Waals surface area contributed by atoms with Gasteiger partial charge in [-0.25, -0.2) is 0 Å². The Labute approximate surface area is 109 Å². The van der Waals surface area contributed by atoms with Crippen LogP contribution in [0.3, 0.4) is 0 Å². The molecule has 0 spiro atoms. The normalized spacial score (nSPS) is 10.1. The molecular formula is C13H13NO3S. The first-order chi connectivity index (χ1) is 8.74. The Bertz CT molecular complexity index is 551. The summed E-state index contributed by atoms with van der Waals surface area (Å²) in [5.41, 5.74) is 1.31. The standard InChI is InChI=1S/C13H13NO3S/c1-17-10-6-12(18-8-10)13(16)14-11-5-3-2-4-9(11)7-15/h2-6,8,15H,7H2,1H3,(H,14,16). The Kier molecular flexibility index (Phi) is 3.96. The maximum absolute atomic E-state index is 12.0. The SMILES string of the molecule is COc1csc(C(=O)Nc2ccccc2CO)c1. The lowest BCUT2D eigenvalue weighted by Crippen LogP contribution is -2.11. The second kappa shape index (κ2) is 5.66. The molecule has 18 heavy (non-hydrogen) atoms. The molecule has 1 heterocycles. The minimum Gasteiger partial charge on any atom is -0.496 e. The van der Waals surface area contributed by atoms with E-state index in [-0.39, 0.29) is 12.5 Å². The smallest absolute Gasteiger partial charge is 0.265 e. The minimum atomic E-state index is -0.204. The molecule has 2 aromatic rings. The fourth-order valence-corrected chi connectivity index (χ4v) is 2.26. The number of hydrogen-bond acceptors (Lipinski definition) is 4. The van der Waals surface area contributed by atoms with Crippen LogP contribution in [-0.2, 0) is 6.61 Å². The van der Waals surface area contributed by atoms with Gasteiger partial charge in [0.15, 0.2) is 0 Å². The van der Waals surface area contributed by atoms with Crippen molar-refractivity contribution in [3.05, 3.63) is 46.2 Å². The van der Waals surface area contributed by atoms with E-state index in [0.717, 1.165) is 0 Å². The summed E-state index contributed by atoms with van der Waals surface area (Å²) in [5.74, 6) is 0.463. The van der Waals surface area contributed by atoms with Gasteiger partial charge in [-0.1, -0.05) is 18.2 Å². The summed E-state index contributed by atoms with van der Waals surface area (Å²) in [5, 5.41) is 13.7. The van der Waals surface area contributed by atoms with E-state index in [4.69, 9.17) is 4.74 Å². The molecule has 0 fully saturated rings. The predicted molar refractivity (Wildman–Crippen MR) is 71.2 cm³/mol. The monoisotopic (exact) mass is 263 g/mol. The van der Waals surface area contributed by atoms with Gasteiger partial charge in [0.2, 0.25) is 0 Å². The van der Waals surface area contributed by atoms with Gasteiger partial charge >= 0.3 is 0 Å². The van der Waals surface area contributed by atoms with Gasteiger partial charge < -0.3 is 15.2 Å². The van der Waals surface area contributed by atoms with E-state index in [1.54, 1.807) is 30.7 Å². The Morgan fingerprint density at radius 3 is 2.89 bits per heavy atom. The van der Waals surface area contributed by atoms with Gasteiger partial charge in [-0.3, -0.25) is 4.79 Å². The summed E-state index contributed by atoms with van der Waals surface area (Å²) in [6.07, 6.45) is 0. The first kappa shape index (κ1) is 12.6. The number of ether oxygens (including phenoxy) is 1. The molecule has 0 saturated carbocycles. The van der Waals surface area contributed by atoms with E-state index in [1.165, 1.54) is 11.3 Å². The topological polar surface area (TPSA) is 58.6 Å². The highest BCUT2D eigenvalue weighted by molar-refractivity contribution is 7.12. The minimum absolute atomic E-state index is 0.107. The number of carbonyl (C=O) groups is 1. The zero-order valence-corrected chi connectivity index (χ0v) is 10.7. The van der Waals surface area contributed by atoms with Crippen LogP contribution in [-0.4, -0.2) is 18.1 Å². The van der Waals surface area contributed by atoms with E-state index < -0.39 is 0 Å². The van der Waals surface area contributed by atoms with E-state index in [2.05, 4.69) is 5.32 Å². The molecule has 0 aliphatic rings. The number of hydrogen-bond donors (Lipinski definition) is 2.